The van der Waals surface area contributed by atoms with Gasteiger partial charge in [0.05, 0.1) is 32.2 Å². The lowest BCUT2D eigenvalue weighted by Gasteiger charge is -2.16. The van der Waals surface area contributed by atoms with Crippen molar-refractivity contribution in [1.29, 1.82) is 0 Å². The standard InChI is InChI=1S/C21H22N4O5S/c1-29-16-8-15(9-17(10-16)30-2)21(26)22-20-18-11-25(12-19(18)23-24-20)31(27,28)13-14-6-4-3-5-7-14/h3-10H,11-13H2,1-2H3,(H2,22,23,24,26). The number of amides is 1. The number of methoxy groups -OCH3 is 2. The summed E-state index contributed by atoms with van der Waals surface area (Å²) < 4.78 is 37.5. The van der Waals surface area contributed by atoms with Gasteiger partial charge in [-0.3, -0.25) is 9.89 Å². The van der Waals surface area contributed by atoms with Gasteiger partial charge in [-0.15, -0.1) is 0 Å². The Morgan fingerprint density at radius 1 is 1.10 bits per heavy atom. The van der Waals surface area contributed by atoms with Gasteiger partial charge >= 0.3 is 0 Å². The minimum Gasteiger partial charge on any atom is -0.497 e. The summed E-state index contributed by atoms with van der Waals surface area (Å²) in [5.74, 6) is 0.776. The van der Waals surface area contributed by atoms with Crippen LogP contribution in [0.1, 0.15) is 27.2 Å². The molecule has 9 nitrogen and oxygen atoms in total. The van der Waals surface area contributed by atoms with E-state index >= 15 is 0 Å². The van der Waals surface area contributed by atoms with Crippen molar-refractivity contribution in [2.45, 2.75) is 18.8 Å². The maximum Gasteiger partial charge on any atom is 0.257 e. The van der Waals surface area contributed by atoms with Gasteiger partial charge < -0.3 is 14.8 Å². The predicted octanol–water partition coefficient (Wildman–Crippen LogP) is 2.52. The molecule has 4 rings (SSSR count). The summed E-state index contributed by atoms with van der Waals surface area (Å²) in [5, 5.41) is 9.73. The van der Waals surface area contributed by atoms with Crippen molar-refractivity contribution in [1.82, 2.24) is 14.5 Å². The average Bonchev–Trinajstić information content (AvgIpc) is 3.36. The average molecular weight is 442 g/mol. The fourth-order valence-electron chi connectivity index (χ4n) is 3.41. The Bertz CT molecular complexity index is 1190. The smallest absolute Gasteiger partial charge is 0.257 e. The molecule has 1 amide bonds. The lowest BCUT2D eigenvalue weighted by atomic mass is 10.2. The number of carbonyl (C=O) groups is 1. The molecule has 1 aliphatic heterocycles. The van der Waals surface area contributed by atoms with Crippen molar-refractivity contribution in [3.05, 3.63) is 70.9 Å². The Balaban J connectivity index is 1.50. The third-order valence-corrected chi connectivity index (χ3v) is 6.80. The van der Waals surface area contributed by atoms with Crippen LogP contribution < -0.4 is 14.8 Å². The maximum absolute atomic E-state index is 12.8. The molecular formula is C21H22N4O5S. The van der Waals surface area contributed by atoms with Gasteiger partial charge in [-0.1, -0.05) is 30.3 Å². The first kappa shape index (κ1) is 20.9. The van der Waals surface area contributed by atoms with E-state index in [2.05, 4.69) is 15.5 Å². The van der Waals surface area contributed by atoms with Gasteiger partial charge in [0.25, 0.3) is 5.91 Å². The third-order valence-electron chi connectivity index (χ3n) is 5.05. The van der Waals surface area contributed by atoms with Crippen molar-refractivity contribution in [3.8, 4) is 11.5 Å². The Hall–Kier alpha value is -3.37. The fourth-order valence-corrected chi connectivity index (χ4v) is 4.85. The molecule has 1 aliphatic rings. The van der Waals surface area contributed by atoms with Crippen LogP contribution in [0.3, 0.4) is 0 Å². The van der Waals surface area contributed by atoms with Gasteiger partial charge in [0, 0.05) is 23.7 Å². The zero-order chi connectivity index (χ0) is 22.0. The first-order valence-corrected chi connectivity index (χ1v) is 11.1. The summed E-state index contributed by atoms with van der Waals surface area (Å²) in [6.07, 6.45) is 0. The minimum atomic E-state index is -3.53. The van der Waals surface area contributed by atoms with E-state index in [4.69, 9.17) is 9.47 Å². The molecule has 3 aromatic rings. The number of ether oxygens (including phenoxy) is 2. The lowest BCUT2D eigenvalue weighted by Crippen LogP contribution is -2.27. The summed E-state index contributed by atoms with van der Waals surface area (Å²) in [5.41, 5.74) is 2.37. The van der Waals surface area contributed by atoms with Crippen LogP contribution in [0.15, 0.2) is 48.5 Å². The van der Waals surface area contributed by atoms with E-state index in [9.17, 15) is 13.2 Å². The highest BCUT2D eigenvalue weighted by atomic mass is 32.2. The number of nitrogens with zero attached hydrogens (tertiary/aromatic N) is 2. The number of H-pyrrole nitrogens is 1. The highest BCUT2D eigenvalue weighted by molar-refractivity contribution is 7.88. The second-order valence-corrected chi connectivity index (χ2v) is 9.06. The number of anilines is 1. The van der Waals surface area contributed by atoms with Crippen LogP contribution in [0.4, 0.5) is 5.82 Å². The molecule has 0 spiro atoms. The third kappa shape index (κ3) is 4.39. The zero-order valence-electron chi connectivity index (χ0n) is 17.1. The minimum absolute atomic E-state index is 0.0865. The van der Waals surface area contributed by atoms with Gasteiger partial charge in [0.2, 0.25) is 10.0 Å². The Kier molecular flexibility index (Phi) is 5.66. The molecule has 0 radical (unpaired) electrons. The van der Waals surface area contributed by atoms with Gasteiger partial charge in [-0.2, -0.15) is 9.40 Å². The number of hydrogen-bond acceptors (Lipinski definition) is 6. The van der Waals surface area contributed by atoms with E-state index in [-0.39, 0.29) is 18.8 Å². The van der Waals surface area contributed by atoms with E-state index < -0.39 is 15.9 Å². The number of aromatic amines is 1. The number of rotatable bonds is 7. The Labute approximate surface area is 180 Å². The molecule has 0 saturated carbocycles. The van der Waals surface area contributed by atoms with Crippen LogP contribution in [0.5, 0.6) is 11.5 Å². The van der Waals surface area contributed by atoms with E-state index in [1.165, 1.54) is 18.5 Å². The van der Waals surface area contributed by atoms with Gasteiger partial charge in [-0.05, 0) is 17.7 Å². The molecule has 2 heterocycles. The predicted molar refractivity (Wildman–Crippen MR) is 114 cm³/mol. The highest BCUT2D eigenvalue weighted by Crippen LogP contribution is 2.31. The number of fused-ring (bicyclic) bond motifs is 1. The molecule has 31 heavy (non-hydrogen) atoms. The molecule has 0 fully saturated rings. The number of sulfonamides is 1. The maximum atomic E-state index is 12.8. The summed E-state index contributed by atoms with van der Waals surface area (Å²) in [4.78, 5) is 12.8. The SMILES string of the molecule is COc1cc(OC)cc(C(=O)Nc2n[nH]c3c2CN(S(=O)(=O)Cc2ccccc2)C3)c1. The molecule has 0 atom stereocenters. The second kappa shape index (κ2) is 8.40. The molecule has 1 aromatic heterocycles. The molecule has 162 valence electrons. The van der Waals surface area contributed by atoms with E-state index in [1.807, 2.05) is 18.2 Å². The first-order chi connectivity index (χ1) is 14.9. The molecule has 0 saturated heterocycles. The van der Waals surface area contributed by atoms with Crippen LogP contribution in [0, 0.1) is 0 Å². The Morgan fingerprint density at radius 3 is 2.42 bits per heavy atom. The molecule has 0 aliphatic carbocycles. The van der Waals surface area contributed by atoms with Gasteiger partial charge in [0.15, 0.2) is 5.82 Å². The largest absolute Gasteiger partial charge is 0.497 e. The lowest BCUT2D eigenvalue weighted by molar-refractivity contribution is 0.102. The molecule has 0 bridgehead atoms. The van der Waals surface area contributed by atoms with Crippen molar-refractivity contribution in [2.24, 2.45) is 0 Å². The van der Waals surface area contributed by atoms with Crippen LogP contribution in [0.2, 0.25) is 0 Å². The molecule has 2 aromatic carbocycles. The fraction of sp³-hybridized carbons (Fsp3) is 0.238. The first-order valence-electron chi connectivity index (χ1n) is 9.52. The van der Waals surface area contributed by atoms with Gasteiger partial charge in [0.1, 0.15) is 11.5 Å². The van der Waals surface area contributed by atoms with Crippen LogP contribution >= 0.6 is 0 Å². The van der Waals surface area contributed by atoms with E-state index in [0.29, 0.717) is 34.1 Å². The molecular weight excluding hydrogens is 420 g/mol. The summed E-state index contributed by atoms with van der Waals surface area (Å²) in [6.45, 7) is 0.318. The van der Waals surface area contributed by atoms with Crippen molar-refractivity contribution >= 4 is 21.7 Å². The van der Waals surface area contributed by atoms with Crippen molar-refractivity contribution in [2.75, 3.05) is 19.5 Å². The van der Waals surface area contributed by atoms with E-state index in [1.54, 1.807) is 30.3 Å². The van der Waals surface area contributed by atoms with Crippen LogP contribution in [0.25, 0.3) is 0 Å². The second-order valence-electron chi connectivity index (χ2n) is 7.09. The highest BCUT2D eigenvalue weighted by Gasteiger charge is 2.33. The number of hydrogen-bond donors (Lipinski definition) is 2. The Morgan fingerprint density at radius 2 is 1.77 bits per heavy atom. The van der Waals surface area contributed by atoms with Gasteiger partial charge in [-0.25, -0.2) is 8.42 Å². The zero-order valence-corrected chi connectivity index (χ0v) is 17.9. The van der Waals surface area contributed by atoms with Crippen LogP contribution in [-0.4, -0.2) is 43.0 Å². The normalized spacial score (nSPS) is 13.6. The van der Waals surface area contributed by atoms with E-state index in [0.717, 1.165) is 5.56 Å². The summed E-state index contributed by atoms with van der Waals surface area (Å²) >= 11 is 0. The monoisotopic (exact) mass is 442 g/mol. The number of nitrogens with one attached hydrogen (secondary N) is 2. The van der Waals surface area contributed by atoms with Crippen LogP contribution in [-0.2, 0) is 28.9 Å². The number of aromatic nitrogens is 2. The summed E-state index contributed by atoms with van der Waals surface area (Å²) in [7, 11) is -0.523. The molecule has 10 heteroatoms. The topological polar surface area (TPSA) is 114 Å². The van der Waals surface area contributed by atoms with Crippen molar-refractivity contribution < 1.29 is 22.7 Å². The molecule has 0 unspecified atom stereocenters. The summed E-state index contributed by atoms with van der Waals surface area (Å²) in [6, 6.07) is 13.9. The number of benzene rings is 2. The quantitative estimate of drug-likeness (QED) is 0.581. The molecule has 2 N–H and O–H groups in total. The number of carbonyl (C=O) groups excluding carboxylic acids is 1. The van der Waals surface area contributed by atoms with Crippen molar-refractivity contribution in [3.63, 3.8) is 0 Å².